The maximum Gasteiger partial charge on any atom is 0.156 e. The highest BCUT2D eigenvalue weighted by Gasteiger charge is 2.44. The molecule has 178 valence electrons. The molecule has 3 rings (SSSR count). The second-order valence-electron chi connectivity index (χ2n) is 8.35. The molecule has 0 bridgehead atoms. The highest BCUT2D eigenvalue weighted by Crippen LogP contribution is 2.55. The molecule has 4 heteroatoms. The Hall–Kier alpha value is -1.26. The van der Waals surface area contributed by atoms with Crippen molar-refractivity contribution >= 4 is 23.2 Å². The van der Waals surface area contributed by atoms with E-state index in [9.17, 15) is 0 Å². The molecular weight excluding hydrogens is 538 g/mol. The van der Waals surface area contributed by atoms with Gasteiger partial charge in [0.15, 0.2) is 6.29 Å². The smallest absolute Gasteiger partial charge is 0.156 e. The minimum Gasteiger partial charge on any atom is -1.00 e. The first kappa shape index (κ1) is 28.0. The van der Waals surface area contributed by atoms with Gasteiger partial charge in [0.05, 0.1) is 6.16 Å². The quantitative estimate of drug-likeness (QED) is 0.127. The number of methoxy groups -OCH3 is 2. The van der Waals surface area contributed by atoms with E-state index in [1.54, 1.807) is 14.2 Å². The molecule has 0 heterocycles. The largest absolute Gasteiger partial charge is 1.00 e. The van der Waals surface area contributed by atoms with Crippen LogP contribution in [0.25, 0.3) is 0 Å². The van der Waals surface area contributed by atoms with Crippen LogP contribution >= 0.6 is 7.26 Å². The van der Waals surface area contributed by atoms with Crippen molar-refractivity contribution in [3.8, 4) is 0 Å². The fourth-order valence-electron chi connectivity index (χ4n) is 4.58. The van der Waals surface area contributed by atoms with E-state index >= 15 is 0 Å². The van der Waals surface area contributed by atoms with Crippen LogP contribution in [0.4, 0.5) is 0 Å². The third kappa shape index (κ3) is 7.89. The van der Waals surface area contributed by atoms with Crippen molar-refractivity contribution in [1.29, 1.82) is 0 Å². The van der Waals surface area contributed by atoms with Crippen LogP contribution in [0, 0.1) is 0 Å². The minimum atomic E-state index is -1.67. The topological polar surface area (TPSA) is 18.5 Å². The summed E-state index contributed by atoms with van der Waals surface area (Å²) < 4.78 is 10.6. The van der Waals surface area contributed by atoms with Crippen molar-refractivity contribution in [2.24, 2.45) is 0 Å². The van der Waals surface area contributed by atoms with Crippen molar-refractivity contribution in [3.05, 3.63) is 91.0 Å². The first-order valence-electron chi connectivity index (χ1n) is 11.9. The first-order chi connectivity index (χ1) is 15.8. The van der Waals surface area contributed by atoms with E-state index in [0.717, 1.165) is 6.42 Å². The van der Waals surface area contributed by atoms with Gasteiger partial charge in [0.2, 0.25) is 0 Å². The van der Waals surface area contributed by atoms with E-state index in [4.69, 9.17) is 9.47 Å². The fourth-order valence-corrected chi connectivity index (χ4v) is 8.99. The molecule has 0 saturated carbocycles. The highest BCUT2D eigenvalue weighted by atomic mass is 127. The van der Waals surface area contributed by atoms with Crippen LogP contribution < -0.4 is 39.9 Å². The van der Waals surface area contributed by atoms with Crippen LogP contribution in [0.5, 0.6) is 0 Å². The highest BCUT2D eigenvalue weighted by molar-refractivity contribution is 7.95. The van der Waals surface area contributed by atoms with Gasteiger partial charge in [-0.3, -0.25) is 0 Å². The molecule has 0 fully saturated rings. The molecule has 0 unspecified atom stereocenters. The molecule has 3 aromatic carbocycles. The lowest BCUT2D eigenvalue weighted by Crippen LogP contribution is -3.00. The number of rotatable bonds is 14. The third-order valence-corrected chi connectivity index (χ3v) is 10.8. The van der Waals surface area contributed by atoms with Gasteiger partial charge in [-0.2, -0.15) is 0 Å². The van der Waals surface area contributed by atoms with Crippen molar-refractivity contribution < 1.29 is 33.5 Å². The van der Waals surface area contributed by atoms with Gasteiger partial charge in [0.25, 0.3) is 0 Å². The molecule has 0 aliphatic carbocycles. The Morgan fingerprint density at radius 2 is 0.909 bits per heavy atom. The molecule has 0 atom stereocenters. The Morgan fingerprint density at radius 1 is 0.545 bits per heavy atom. The van der Waals surface area contributed by atoms with Crippen LogP contribution in [0.2, 0.25) is 0 Å². The average Bonchev–Trinajstić information content (AvgIpc) is 2.87. The number of halogens is 1. The summed E-state index contributed by atoms with van der Waals surface area (Å²) in [6.45, 7) is 0. The lowest BCUT2D eigenvalue weighted by Gasteiger charge is -2.27. The SMILES string of the molecule is COC(CCCCCCCC[P+](c1ccccc1)(c1ccccc1)c1ccccc1)OC.[I-]. The Morgan fingerprint density at radius 3 is 1.30 bits per heavy atom. The number of hydrogen-bond acceptors (Lipinski definition) is 2. The predicted octanol–water partition coefficient (Wildman–Crippen LogP) is 3.33. The summed E-state index contributed by atoms with van der Waals surface area (Å²) in [5, 5.41) is 4.47. The molecule has 0 spiro atoms. The Balaban J connectivity index is 0.00000385. The summed E-state index contributed by atoms with van der Waals surface area (Å²) in [5.41, 5.74) is 0. The van der Waals surface area contributed by atoms with E-state index in [1.807, 2.05) is 0 Å². The zero-order valence-electron chi connectivity index (χ0n) is 20.0. The number of ether oxygens (including phenoxy) is 2. The number of benzene rings is 3. The molecule has 2 nitrogen and oxygen atoms in total. The second kappa shape index (κ2) is 15.6. The molecule has 0 aromatic heterocycles. The van der Waals surface area contributed by atoms with Gasteiger partial charge < -0.3 is 33.5 Å². The number of hydrogen-bond donors (Lipinski definition) is 0. The van der Waals surface area contributed by atoms with Crippen LogP contribution in [0.15, 0.2) is 91.0 Å². The summed E-state index contributed by atoms with van der Waals surface area (Å²) in [4.78, 5) is 0. The standard InChI is InChI=1S/C29H38O2P.HI/c1-30-29(31-2)24-16-5-3-4-6-17-25-32(26-18-10-7-11-19-26,27-20-12-8-13-21-27)28-22-14-9-15-23-28;/h7-15,18-23,29H,3-6,16-17,24-25H2,1-2H3;1H/q+1;/p-1. The normalized spacial score (nSPS) is 11.4. The molecule has 0 aliphatic heterocycles. The van der Waals surface area contributed by atoms with Crippen molar-refractivity contribution in [2.45, 2.75) is 51.2 Å². The molecule has 33 heavy (non-hydrogen) atoms. The van der Waals surface area contributed by atoms with Gasteiger partial charge in [0.1, 0.15) is 23.2 Å². The molecule has 0 saturated heterocycles. The van der Waals surface area contributed by atoms with Crippen LogP contribution in [-0.4, -0.2) is 26.7 Å². The van der Waals surface area contributed by atoms with Gasteiger partial charge in [-0.05, 0) is 62.1 Å². The van der Waals surface area contributed by atoms with Crippen molar-refractivity contribution in [2.75, 3.05) is 20.4 Å². The maximum absolute atomic E-state index is 5.29. The van der Waals surface area contributed by atoms with Crippen LogP contribution in [-0.2, 0) is 9.47 Å². The van der Waals surface area contributed by atoms with E-state index in [-0.39, 0.29) is 30.3 Å². The zero-order chi connectivity index (χ0) is 22.5. The van der Waals surface area contributed by atoms with Gasteiger partial charge in [0, 0.05) is 14.2 Å². The molecule has 0 radical (unpaired) electrons. The van der Waals surface area contributed by atoms with Gasteiger partial charge in [-0.1, -0.05) is 73.9 Å². The van der Waals surface area contributed by atoms with Crippen LogP contribution in [0.3, 0.4) is 0 Å². The van der Waals surface area contributed by atoms with E-state index in [0.29, 0.717) is 0 Å². The average molecular weight is 576 g/mol. The molecule has 3 aromatic rings. The summed E-state index contributed by atoms with van der Waals surface area (Å²) >= 11 is 0. The predicted molar refractivity (Wildman–Crippen MR) is 140 cm³/mol. The van der Waals surface area contributed by atoms with Gasteiger partial charge in [-0.25, -0.2) is 0 Å². The van der Waals surface area contributed by atoms with E-state index < -0.39 is 7.26 Å². The summed E-state index contributed by atoms with van der Waals surface area (Å²) in [6.07, 6.45) is 9.69. The van der Waals surface area contributed by atoms with Crippen LogP contribution in [0.1, 0.15) is 44.9 Å². The van der Waals surface area contributed by atoms with Gasteiger partial charge >= 0.3 is 0 Å². The summed E-state index contributed by atoms with van der Waals surface area (Å²) in [7, 11) is 1.77. The minimum absolute atomic E-state index is 0. The second-order valence-corrected chi connectivity index (χ2v) is 12.0. The monoisotopic (exact) mass is 576 g/mol. The first-order valence-corrected chi connectivity index (χ1v) is 13.9. The fraction of sp³-hybridized carbons (Fsp3) is 0.379. The third-order valence-electron chi connectivity index (χ3n) is 6.30. The molecular formula is C29H38IO2P. The zero-order valence-corrected chi connectivity index (χ0v) is 23.1. The Bertz CT molecular complexity index is 773. The van der Waals surface area contributed by atoms with E-state index in [2.05, 4.69) is 91.0 Å². The maximum atomic E-state index is 5.29. The lowest BCUT2D eigenvalue weighted by atomic mass is 10.1. The number of unbranched alkanes of at least 4 members (excludes halogenated alkanes) is 5. The molecule has 0 amide bonds. The Kier molecular flexibility index (Phi) is 13.2. The van der Waals surface area contributed by atoms with Gasteiger partial charge in [-0.15, -0.1) is 0 Å². The van der Waals surface area contributed by atoms with Crippen molar-refractivity contribution in [3.63, 3.8) is 0 Å². The lowest BCUT2D eigenvalue weighted by molar-refractivity contribution is -0.107. The Labute approximate surface area is 218 Å². The van der Waals surface area contributed by atoms with E-state index in [1.165, 1.54) is 60.6 Å². The molecule has 0 aliphatic rings. The molecule has 0 N–H and O–H groups in total. The summed E-state index contributed by atoms with van der Waals surface area (Å²) in [5.74, 6) is 0. The van der Waals surface area contributed by atoms with Crippen molar-refractivity contribution in [1.82, 2.24) is 0 Å². The summed E-state index contributed by atoms with van der Waals surface area (Å²) in [6, 6.07) is 33.6.